The average molecular weight is 299 g/mol. The molecule has 0 unspecified atom stereocenters. The number of anilines is 1. The summed E-state index contributed by atoms with van der Waals surface area (Å²) in [6, 6.07) is 7.27. The van der Waals surface area contributed by atoms with Crippen LogP contribution in [0.15, 0.2) is 24.3 Å². The molecule has 1 fully saturated rings. The molecule has 0 amide bonds. The molecule has 0 radical (unpaired) electrons. The number of nitrogens with two attached hydrogens (primary N) is 1. The largest absolute Gasteiger partial charge is 0.481 e. The summed E-state index contributed by atoms with van der Waals surface area (Å²) in [5, 5.41) is 13.9. The van der Waals surface area contributed by atoms with Crippen LogP contribution in [0.5, 0.6) is 0 Å². The number of nitrogens with zero attached hydrogens (tertiary/aromatic N) is 2. The van der Waals surface area contributed by atoms with Crippen LogP contribution < -0.4 is 10.0 Å². The van der Waals surface area contributed by atoms with Gasteiger partial charge in [-0.15, -0.1) is 0 Å². The monoisotopic (exact) mass is 299 g/mol. The Balaban J connectivity index is 2.05. The number of benzene rings is 1. The van der Waals surface area contributed by atoms with Crippen LogP contribution in [0.4, 0.5) is 5.69 Å². The van der Waals surface area contributed by atoms with Crippen LogP contribution in [0.1, 0.15) is 5.56 Å². The van der Waals surface area contributed by atoms with Gasteiger partial charge in [-0.1, -0.05) is 12.1 Å². The van der Waals surface area contributed by atoms with Gasteiger partial charge in [0.05, 0.1) is 6.42 Å². The molecule has 2 rings (SSSR count). The normalized spacial score (nSPS) is 17.1. The van der Waals surface area contributed by atoms with Gasteiger partial charge in [-0.3, -0.25) is 4.79 Å². The third-order valence-corrected chi connectivity index (χ3v) is 4.31. The minimum Gasteiger partial charge on any atom is -0.481 e. The van der Waals surface area contributed by atoms with Crippen LogP contribution in [0.25, 0.3) is 0 Å². The second-order valence-electron chi connectivity index (χ2n) is 4.67. The zero-order valence-electron chi connectivity index (χ0n) is 10.9. The van der Waals surface area contributed by atoms with Gasteiger partial charge in [0.1, 0.15) is 0 Å². The van der Waals surface area contributed by atoms with Gasteiger partial charge in [0.15, 0.2) is 0 Å². The fourth-order valence-corrected chi connectivity index (χ4v) is 2.91. The Morgan fingerprint density at radius 2 is 1.90 bits per heavy atom. The number of carboxylic acids is 1. The number of carboxylic acid groups (broad SMARTS) is 1. The lowest BCUT2D eigenvalue weighted by Gasteiger charge is -2.34. The first-order valence-electron chi connectivity index (χ1n) is 6.20. The van der Waals surface area contributed by atoms with Gasteiger partial charge >= 0.3 is 5.97 Å². The fraction of sp³-hybridized carbons (Fsp3) is 0.417. The third-order valence-electron chi connectivity index (χ3n) is 3.23. The Kier molecular flexibility index (Phi) is 4.26. The van der Waals surface area contributed by atoms with Gasteiger partial charge < -0.3 is 10.0 Å². The highest BCUT2D eigenvalue weighted by molar-refractivity contribution is 7.86. The summed E-state index contributed by atoms with van der Waals surface area (Å²) in [5.74, 6) is -0.874. The molecule has 20 heavy (non-hydrogen) atoms. The summed E-state index contributed by atoms with van der Waals surface area (Å²) in [4.78, 5) is 12.7. The van der Waals surface area contributed by atoms with Crippen molar-refractivity contribution >= 4 is 21.9 Å². The molecule has 1 aliphatic rings. The topological polar surface area (TPSA) is 104 Å². The van der Waals surface area contributed by atoms with Gasteiger partial charge in [0.2, 0.25) is 0 Å². The van der Waals surface area contributed by atoms with Crippen molar-refractivity contribution in [3.05, 3.63) is 29.8 Å². The molecule has 0 bridgehead atoms. The van der Waals surface area contributed by atoms with Crippen LogP contribution in [-0.2, 0) is 21.4 Å². The quantitative estimate of drug-likeness (QED) is 0.790. The average Bonchev–Trinajstić information content (AvgIpc) is 2.37. The number of rotatable bonds is 4. The number of aliphatic carboxylic acids is 1. The number of hydrogen-bond acceptors (Lipinski definition) is 4. The first kappa shape index (κ1) is 14.8. The van der Waals surface area contributed by atoms with E-state index in [1.807, 2.05) is 17.0 Å². The van der Waals surface area contributed by atoms with Crippen LogP contribution >= 0.6 is 0 Å². The van der Waals surface area contributed by atoms with E-state index < -0.39 is 16.2 Å². The van der Waals surface area contributed by atoms with Crippen LogP contribution in [0.2, 0.25) is 0 Å². The lowest BCUT2D eigenvalue weighted by molar-refractivity contribution is -0.136. The highest BCUT2D eigenvalue weighted by atomic mass is 32.2. The Labute approximate surface area is 117 Å². The minimum absolute atomic E-state index is 0.0228. The third kappa shape index (κ3) is 3.69. The smallest absolute Gasteiger partial charge is 0.307 e. The van der Waals surface area contributed by atoms with Crippen molar-refractivity contribution in [2.75, 3.05) is 31.1 Å². The maximum atomic E-state index is 11.2. The van der Waals surface area contributed by atoms with Crippen molar-refractivity contribution < 1.29 is 18.3 Å². The van der Waals surface area contributed by atoms with Crippen molar-refractivity contribution in [3.8, 4) is 0 Å². The molecular weight excluding hydrogens is 282 g/mol. The van der Waals surface area contributed by atoms with Crippen molar-refractivity contribution in [1.29, 1.82) is 0 Å². The van der Waals surface area contributed by atoms with Crippen LogP contribution in [-0.4, -0.2) is 50.0 Å². The molecule has 0 aliphatic carbocycles. The summed E-state index contributed by atoms with van der Waals surface area (Å²) >= 11 is 0. The summed E-state index contributed by atoms with van der Waals surface area (Å²) in [6.45, 7) is 1.74. The van der Waals surface area contributed by atoms with Gasteiger partial charge in [0.25, 0.3) is 10.2 Å². The molecule has 1 heterocycles. The van der Waals surface area contributed by atoms with Crippen molar-refractivity contribution in [2.45, 2.75) is 6.42 Å². The molecule has 3 N–H and O–H groups in total. The second-order valence-corrected chi connectivity index (χ2v) is 6.22. The highest BCUT2D eigenvalue weighted by Crippen LogP contribution is 2.19. The first-order chi connectivity index (χ1) is 9.36. The molecule has 1 aliphatic heterocycles. The number of carbonyl (C=O) groups is 1. The molecule has 0 atom stereocenters. The van der Waals surface area contributed by atoms with Crippen molar-refractivity contribution in [1.82, 2.24) is 4.31 Å². The van der Waals surface area contributed by atoms with Gasteiger partial charge in [0, 0.05) is 31.9 Å². The van der Waals surface area contributed by atoms with Crippen LogP contribution in [0.3, 0.4) is 0 Å². The Morgan fingerprint density at radius 3 is 2.45 bits per heavy atom. The summed E-state index contributed by atoms with van der Waals surface area (Å²) < 4.78 is 23.7. The lowest BCUT2D eigenvalue weighted by Crippen LogP contribution is -2.50. The van der Waals surface area contributed by atoms with E-state index in [0.717, 1.165) is 11.3 Å². The van der Waals surface area contributed by atoms with Crippen LogP contribution in [0, 0.1) is 0 Å². The molecule has 0 saturated carbocycles. The van der Waals surface area contributed by atoms with E-state index in [0.29, 0.717) is 26.2 Å². The number of piperazine rings is 1. The molecule has 1 aromatic rings. The Hall–Kier alpha value is -1.64. The zero-order chi connectivity index (χ0) is 14.8. The lowest BCUT2D eigenvalue weighted by atomic mass is 10.1. The van der Waals surface area contributed by atoms with E-state index >= 15 is 0 Å². The van der Waals surface area contributed by atoms with E-state index in [1.165, 1.54) is 4.31 Å². The molecule has 110 valence electrons. The van der Waals surface area contributed by atoms with Crippen molar-refractivity contribution in [3.63, 3.8) is 0 Å². The molecule has 8 heteroatoms. The van der Waals surface area contributed by atoms with Gasteiger partial charge in [-0.2, -0.15) is 12.7 Å². The predicted octanol–water partition coefficient (Wildman–Crippen LogP) is -0.361. The van der Waals surface area contributed by atoms with Gasteiger partial charge in [-0.05, 0) is 17.7 Å². The summed E-state index contributed by atoms with van der Waals surface area (Å²) in [5.41, 5.74) is 1.63. The Morgan fingerprint density at radius 1 is 1.25 bits per heavy atom. The highest BCUT2D eigenvalue weighted by Gasteiger charge is 2.24. The number of hydrogen-bond donors (Lipinski definition) is 2. The molecule has 0 aromatic heterocycles. The Bertz CT molecular complexity index is 594. The molecule has 1 aromatic carbocycles. The molecule has 7 nitrogen and oxygen atoms in total. The summed E-state index contributed by atoms with van der Waals surface area (Å²) in [6.07, 6.45) is -0.0228. The molecule has 0 spiro atoms. The summed E-state index contributed by atoms with van der Waals surface area (Å²) in [7, 11) is -3.63. The molecular formula is C12H17N3O4S. The maximum Gasteiger partial charge on any atom is 0.307 e. The standard InChI is InChI=1S/C12H17N3O4S/c13-20(18,19)15-6-4-14(5-7-15)11-3-1-2-10(8-11)9-12(16)17/h1-3,8H,4-7,9H2,(H,16,17)(H2,13,18,19). The van der Waals surface area contributed by atoms with E-state index in [9.17, 15) is 13.2 Å². The second kappa shape index (κ2) is 5.78. The SMILES string of the molecule is NS(=O)(=O)N1CCN(c2cccc(CC(=O)O)c2)CC1. The maximum absolute atomic E-state index is 11.2. The zero-order valence-corrected chi connectivity index (χ0v) is 11.7. The minimum atomic E-state index is -3.63. The first-order valence-corrected chi connectivity index (χ1v) is 7.70. The van der Waals surface area contributed by atoms with E-state index in [4.69, 9.17) is 10.2 Å². The van der Waals surface area contributed by atoms with E-state index in [1.54, 1.807) is 12.1 Å². The van der Waals surface area contributed by atoms with Gasteiger partial charge in [-0.25, -0.2) is 5.14 Å². The predicted molar refractivity (Wildman–Crippen MR) is 74.7 cm³/mol. The van der Waals surface area contributed by atoms with Crippen molar-refractivity contribution in [2.24, 2.45) is 5.14 Å². The van der Waals surface area contributed by atoms with E-state index in [-0.39, 0.29) is 6.42 Å². The molecule has 1 saturated heterocycles. The fourth-order valence-electron chi connectivity index (χ4n) is 2.24. The van der Waals surface area contributed by atoms with E-state index in [2.05, 4.69) is 0 Å².